The van der Waals surface area contributed by atoms with Crippen LogP contribution < -0.4 is 0 Å². The van der Waals surface area contributed by atoms with Crippen LogP contribution in [0.3, 0.4) is 0 Å². The van der Waals surface area contributed by atoms with Crippen molar-refractivity contribution in [3.8, 4) is 6.07 Å². The monoisotopic (exact) mass is 240 g/mol. The molecule has 2 unspecified atom stereocenters. The average molecular weight is 240 g/mol. The van der Waals surface area contributed by atoms with Crippen molar-refractivity contribution >= 4 is 6.09 Å². The van der Waals surface area contributed by atoms with Gasteiger partial charge in [-0.1, -0.05) is 6.92 Å². The summed E-state index contributed by atoms with van der Waals surface area (Å²) in [5.74, 6) is -1.38. The summed E-state index contributed by atoms with van der Waals surface area (Å²) in [7, 11) is 1.33. The molecule has 2 heterocycles. The second-order valence-electron chi connectivity index (χ2n) is 4.38. The number of carbonyl (C=O) groups excluding carboxylic acids is 1. The Labute approximate surface area is 100 Å². The standard InChI is InChI=1S/C11H16N2O4/c1-8-6-13(10(14)15-2)7-9(5-12)11(8)16-3-4-17-11/h8-9H,3-4,6-7H2,1-2H3. The molecule has 6 heteroatoms. The van der Waals surface area contributed by atoms with Gasteiger partial charge < -0.3 is 19.1 Å². The number of nitriles is 1. The summed E-state index contributed by atoms with van der Waals surface area (Å²) < 4.78 is 15.9. The largest absolute Gasteiger partial charge is 0.453 e. The Hall–Kier alpha value is -1.32. The minimum absolute atomic E-state index is 0.0532. The van der Waals surface area contributed by atoms with Gasteiger partial charge >= 0.3 is 6.09 Å². The molecular formula is C11H16N2O4. The predicted octanol–water partition coefficient (Wildman–Crippen LogP) is 0.587. The zero-order valence-electron chi connectivity index (χ0n) is 10.0. The fraction of sp³-hybridized carbons (Fsp3) is 0.818. The fourth-order valence-electron chi connectivity index (χ4n) is 2.56. The van der Waals surface area contributed by atoms with Crippen molar-refractivity contribution in [2.45, 2.75) is 12.7 Å². The lowest BCUT2D eigenvalue weighted by molar-refractivity contribution is -0.234. The molecule has 0 aromatic carbocycles. The Morgan fingerprint density at radius 3 is 2.65 bits per heavy atom. The maximum absolute atomic E-state index is 11.5. The third-order valence-electron chi connectivity index (χ3n) is 3.40. The molecule has 0 bridgehead atoms. The third kappa shape index (κ3) is 1.85. The number of hydrogen-bond donors (Lipinski definition) is 0. The Morgan fingerprint density at radius 2 is 2.12 bits per heavy atom. The number of piperidine rings is 1. The van der Waals surface area contributed by atoms with E-state index in [-0.39, 0.29) is 12.5 Å². The smallest absolute Gasteiger partial charge is 0.409 e. The maximum atomic E-state index is 11.5. The highest BCUT2D eigenvalue weighted by molar-refractivity contribution is 5.67. The highest BCUT2D eigenvalue weighted by atomic mass is 16.7. The van der Waals surface area contributed by atoms with E-state index in [9.17, 15) is 10.1 Å². The van der Waals surface area contributed by atoms with Crippen molar-refractivity contribution in [3.05, 3.63) is 0 Å². The van der Waals surface area contributed by atoms with Crippen LogP contribution >= 0.6 is 0 Å². The maximum Gasteiger partial charge on any atom is 0.409 e. The molecule has 1 spiro atoms. The molecular weight excluding hydrogens is 224 g/mol. The van der Waals surface area contributed by atoms with Gasteiger partial charge in [0, 0.05) is 19.0 Å². The van der Waals surface area contributed by atoms with E-state index in [1.54, 1.807) is 0 Å². The summed E-state index contributed by atoms with van der Waals surface area (Å²) >= 11 is 0. The highest BCUT2D eigenvalue weighted by Gasteiger charge is 2.54. The minimum atomic E-state index is -0.848. The Bertz CT molecular complexity index is 346. The SMILES string of the molecule is COC(=O)N1CC(C)C2(OCCO2)C(C#N)C1. The zero-order valence-corrected chi connectivity index (χ0v) is 10.0. The van der Waals surface area contributed by atoms with E-state index >= 15 is 0 Å². The van der Waals surface area contributed by atoms with Gasteiger partial charge in [0.1, 0.15) is 5.92 Å². The average Bonchev–Trinajstić information content (AvgIpc) is 2.82. The number of likely N-dealkylation sites (tertiary alicyclic amines) is 1. The van der Waals surface area contributed by atoms with E-state index in [0.717, 1.165) is 0 Å². The van der Waals surface area contributed by atoms with E-state index < -0.39 is 17.8 Å². The Morgan fingerprint density at radius 1 is 1.47 bits per heavy atom. The molecule has 2 fully saturated rings. The number of nitrogens with zero attached hydrogens (tertiary/aromatic N) is 2. The first-order valence-corrected chi connectivity index (χ1v) is 5.64. The Balaban J connectivity index is 2.18. The van der Waals surface area contributed by atoms with Gasteiger partial charge in [0.15, 0.2) is 5.79 Å². The minimum Gasteiger partial charge on any atom is -0.453 e. The highest BCUT2D eigenvalue weighted by Crippen LogP contribution is 2.39. The molecule has 2 aliphatic heterocycles. The van der Waals surface area contributed by atoms with Gasteiger partial charge in [-0.2, -0.15) is 5.26 Å². The molecule has 2 saturated heterocycles. The first kappa shape index (κ1) is 12.1. The van der Waals surface area contributed by atoms with Gasteiger partial charge in [-0.05, 0) is 0 Å². The van der Waals surface area contributed by atoms with Crippen molar-refractivity contribution in [3.63, 3.8) is 0 Å². The summed E-state index contributed by atoms with van der Waals surface area (Å²) in [5, 5.41) is 9.22. The van der Waals surface area contributed by atoms with Crippen LogP contribution in [0.2, 0.25) is 0 Å². The van der Waals surface area contributed by atoms with Crippen LogP contribution in [0.1, 0.15) is 6.92 Å². The number of rotatable bonds is 0. The van der Waals surface area contributed by atoms with E-state index in [1.807, 2.05) is 6.92 Å². The molecule has 0 aromatic heterocycles. The van der Waals surface area contributed by atoms with Gasteiger partial charge in [-0.15, -0.1) is 0 Å². The van der Waals surface area contributed by atoms with Crippen LogP contribution in [0.4, 0.5) is 4.79 Å². The van der Waals surface area contributed by atoms with E-state index in [2.05, 4.69) is 10.8 Å². The molecule has 0 saturated carbocycles. The first-order valence-electron chi connectivity index (χ1n) is 5.64. The summed E-state index contributed by atoms with van der Waals surface area (Å²) in [6, 6.07) is 2.18. The number of methoxy groups -OCH3 is 1. The van der Waals surface area contributed by atoms with Gasteiger partial charge in [-0.3, -0.25) is 0 Å². The lowest BCUT2D eigenvalue weighted by Gasteiger charge is -2.44. The van der Waals surface area contributed by atoms with Crippen molar-refractivity contribution in [1.29, 1.82) is 5.26 Å². The van der Waals surface area contributed by atoms with Crippen molar-refractivity contribution < 1.29 is 19.0 Å². The fourth-order valence-corrected chi connectivity index (χ4v) is 2.56. The quantitative estimate of drug-likeness (QED) is 0.619. The molecule has 6 nitrogen and oxygen atoms in total. The summed E-state index contributed by atoms with van der Waals surface area (Å²) in [6.45, 7) is 3.69. The van der Waals surface area contributed by atoms with Crippen molar-refractivity contribution in [1.82, 2.24) is 4.90 Å². The molecule has 2 rings (SSSR count). The topological polar surface area (TPSA) is 71.8 Å². The number of carbonyl (C=O) groups is 1. The van der Waals surface area contributed by atoms with Gasteiger partial charge in [0.05, 0.1) is 26.4 Å². The third-order valence-corrected chi connectivity index (χ3v) is 3.40. The summed E-state index contributed by atoms with van der Waals surface area (Å²) in [4.78, 5) is 13.0. The second kappa shape index (κ2) is 4.51. The summed E-state index contributed by atoms with van der Waals surface area (Å²) in [5.41, 5.74) is 0. The molecule has 0 aromatic rings. The molecule has 2 atom stereocenters. The Kier molecular flexibility index (Phi) is 3.22. The van der Waals surface area contributed by atoms with Crippen LogP contribution in [0.25, 0.3) is 0 Å². The number of hydrogen-bond acceptors (Lipinski definition) is 5. The number of ether oxygens (including phenoxy) is 3. The van der Waals surface area contributed by atoms with Crippen LogP contribution in [0.5, 0.6) is 0 Å². The normalized spacial score (nSPS) is 31.2. The molecule has 1 amide bonds. The van der Waals surface area contributed by atoms with E-state index in [0.29, 0.717) is 19.8 Å². The molecule has 0 aliphatic carbocycles. The molecule has 94 valence electrons. The van der Waals surface area contributed by atoms with Crippen LogP contribution in [-0.4, -0.2) is 50.2 Å². The summed E-state index contributed by atoms with van der Waals surface area (Å²) in [6.07, 6.45) is -0.412. The van der Waals surface area contributed by atoms with Crippen molar-refractivity contribution in [2.75, 3.05) is 33.4 Å². The molecule has 0 radical (unpaired) electrons. The van der Waals surface area contributed by atoms with E-state index in [1.165, 1.54) is 12.0 Å². The second-order valence-corrected chi connectivity index (χ2v) is 4.38. The first-order chi connectivity index (χ1) is 8.14. The van der Waals surface area contributed by atoms with Gasteiger partial charge in [-0.25, -0.2) is 4.79 Å². The van der Waals surface area contributed by atoms with E-state index in [4.69, 9.17) is 9.47 Å². The molecule has 2 aliphatic rings. The molecule has 0 N–H and O–H groups in total. The lowest BCUT2D eigenvalue weighted by atomic mass is 9.84. The van der Waals surface area contributed by atoms with Crippen LogP contribution in [0.15, 0.2) is 0 Å². The predicted molar refractivity (Wildman–Crippen MR) is 56.9 cm³/mol. The van der Waals surface area contributed by atoms with Gasteiger partial charge in [0.2, 0.25) is 0 Å². The molecule has 17 heavy (non-hydrogen) atoms. The number of amides is 1. The van der Waals surface area contributed by atoms with Gasteiger partial charge in [0.25, 0.3) is 0 Å². The zero-order chi connectivity index (χ0) is 12.5. The van der Waals surface area contributed by atoms with Crippen LogP contribution in [-0.2, 0) is 14.2 Å². The van der Waals surface area contributed by atoms with Crippen molar-refractivity contribution in [2.24, 2.45) is 11.8 Å². The lowest BCUT2D eigenvalue weighted by Crippen LogP contribution is -2.58. The van der Waals surface area contributed by atoms with Crippen LogP contribution in [0, 0.1) is 23.2 Å².